The number of alkyl halides is 1. The van der Waals surface area contributed by atoms with Gasteiger partial charge >= 0.3 is 6.03 Å². The predicted molar refractivity (Wildman–Crippen MR) is 111 cm³/mol. The van der Waals surface area contributed by atoms with Crippen LogP contribution in [0.4, 0.5) is 4.79 Å². The van der Waals surface area contributed by atoms with Gasteiger partial charge in [0.2, 0.25) is 5.91 Å². The normalized spacial score (nSPS) is 29.4. The fraction of sp³-hybridized carbons (Fsp3) is 0.842. The van der Waals surface area contributed by atoms with E-state index in [0.29, 0.717) is 18.1 Å². The Hall–Kier alpha value is -0.950. The first-order chi connectivity index (χ1) is 13.0. The monoisotopic (exact) mass is 414 g/mol. The number of amidine groups is 1. The number of thioether (sulfide) groups is 1. The summed E-state index contributed by atoms with van der Waals surface area (Å²) in [6.07, 6.45) is 6.70. The van der Waals surface area contributed by atoms with Crippen molar-refractivity contribution in [3.8, 4) is 0 Å². The van der Waals surface area contributed by atoms with Gasteiger partial charge in [-0.25, -0.2) is 4.79 Å². The van der Waals surface area contributed by atoms with Crippen LogP contribution in [0.3, 0.4) is 0 Å². The van der Waals surface area contributed by atoms with Gasteiger partial charge < -0.3 is 9.80 Å². The van der Waals surface area contributed by atoms with E-state index < -0.39 is 0 Å². The summed E-state index contributed by atoms with van der Waals surface area (Å²) < 4.78 is -0.0902. The lowest BCUT2D eigenvalue weighted by Crippen LogP contribution is -2.56. The molecule has 2 aliphatic heterocycles. The Bertz CT molecular complexity index is 572. The Morgan fingerprint density at radius 3 is 2.37 bits per heavy atom. The lowest BCUT2D eigenvalue weighted by Gasteiger charge is -2.44. The summed E-state index contributed by atoms with van der Waals surface area (Å²) in [6.45, 7) is 6.22. The molecule has 2 heterocycles. The standard InChI is InChI=1S/C19H31ClN4O2S/c1-3-17(25)23-10-8-15(9-11-23)24(14-6-4-13(2)5-7-14)19(26)22-18-21-12-16(20)27-18/h13-16H,3-12H2,1-2H3,(H,21,22,26). The maximum absolute atomic E-state index is 13.2. The number of aliphatic imine (C=N–C) groups is 1. The second kappa shape index (κ2) is 9.50. The number of amides is 3. The molecule has 1 N–H and O–H groups in total. The molecule has 3 amide bonds. The molecular formula is C19H31ClN4O2S. The van der Waals surface area contributed by atoms with Crippen LogP contribution in [0.2, 0.25) is 0 Å². The number of piperidine rings is 1. The van der Waals surface area contributed by atoms with E-state index >= 15 is 0 Å². The number of hydrogen-bond acceptors (Lipinski definition) is 4. The number of likely N-dealkylation sites (tertiary alicyclic amines) is 1. The average Bonchev–Trinajstić information content (AvgIpc) is 3.08. The molecule has 0 aromatic carbocycles. The topological polar surface area (TPSA) is 65.0 Å². The van der Waals surface area contributed by atoms with Crippen molar-refractivity contribution in [2.45, 2.75) is 75.6 Å². The molecule has 0 spiro atoms. The maximum atomic E-state index is 13.2. The Kier molecular flexibility index (Phi) is 7.31. The molecule has 2 fully saturated rings. The van der Waals surface area contributed by atoms with Crippen molar-refractivity contribution < 1.29 is 9.59 Å². The fourth-order valence-corrected chi connectivity index (χ4v) is 5.35. The smallest absolute Gasteiger partial charge is 0.323 e. The molecule has 1 saturated heterocycles. The van der Waals surface area contributed by atoms with Crippen molar-refractivity contribution >= 4 is 40.5 Å². The fourth-order valence-electron chi connectivity index (χ4n) is 4.34. The van der Waals surface area contributed by atoms with Crippen molar-refractivity contribution in [3.05, 3.63) is 0 Å². The highest BCUT2D eigenvalue weighted by Gasteiger charge is 2.36. The van der Waals surface area contributed by atoms with E-state index in [1.165, 1.54) is 24.6 Å². The van der Waals surface area contributed by atoms with Crippen LogP contribution in [0.15, 0.2) is 4.99 Å². The van der Waals surface area contributed by atoms with Crippen LogP contribution in [0.5, 0.6) is 0 Å². The summed E-state index contributed by atoms with van der Waals surface area (Å²) in [5, 5.41) is 3.63. The van der Waals surface area contributed by atoms with Crippen LogP contribution in [-0.2, 0) is 4.79 Å². The minimum atomic E-state index is -0.0902. The molecule has 3 rings (SSSR count). The van der Waals surface area contributed by atoms with E-state index in [9.17, 15) is 9.59 Å². The van der Waals surface area contributed by atoms with Crippen LogP contribution in [-0.4, -0.2) is 63.3 Å². The minimum absolute atomic E-state index is 0.0492. The van der Waals surface area contributed by atoms with Crippen molar-refractivity contribution in [3.63, 3.8) is 0 Å². The maximum Gasteiger partial charge on any atom is 0.323 e. The summed E-state index contributed by atoms with van der Waals surface area (Å²) in [7, 11) is 0. The number of hydrogen-bond donors (Lipinski definition) is 1. The molecule has 0 radical (unpaired) electrons. The molecule has 8 heteroatoms. The molecule has 1 unspecified atom stereocenters. The molecule has 1 saturated carbocycles. The van der Waals surface area contributed by atoms with E-state index in [-0.39, 0.29) is 28.7 Å². The molecule has 0 bridgehead atoms. The largest absolute Gasteiger partial charge is 0.343 e. The third-order valence-corrected chi connectivity index (χ3v) is 7.22. The van der Waals surface area contributed by atoms with Gasteiger partial charge in [0.15, 0.2) is 5.17 Å². The van der Waals surface area contributed by atoms with E-state index in [2.05, 4.69) is 22.1 Å². The second-order valence-corrected chi connectivity index (χ2v) is 9.87. The molecule has 152 valence electrons. The Labute approximate surface area is 171 Å². The quantitative estimate of drug-likeness (QED) is 0.717. The van der Waals surface area contributed by atoms with Gasteiger partial charge in [0.05, 0.1) is 6.54 Å². The number of nitrogens with zero attached hydrogens (tertiary/aromatic N) is 3. The highest BCUT2D eigenvalue weighted by Crippen LogP contribution is 2.31. The number of carbonyl (C=O) groups excluding carboxylic acids is 2. The van der Waals surface area contributed by atoms with Crippen LogP contribution in [0, 0.1) is 5.92 Å². The number of urea groups is 1. The van der Waals surface area contributed by atoms with E-state index in [1.807, 2.05) is 11.8 Å². The average molecular weight is 415 g/mol. The number of halogens is 1. The zero-order chi connectivity index (χ0) is 19.4. The molecule has 6 nitrogen and oxygen atoms in total. The predicted octanol–water partition coefficient (Wildman–Crippen LogP) is 3.65. The summed E-state index contributed by atoms with van der Waals surface area (Å²) >= 11 is 7.50. The van der Waals surface area contributed by atoms with Crippen molar-refractivity contribution in [1.82, 2.24) is 15.1 Å². The van der Waals surface area contributed by atoms with Crippen LogP contribution in [0.1, 0.15) is 58.8 Å². The molecule has 3 aliphatic rings. The molecular weight excluding hydrogens is 384 g/mol. The summed E-state index contributed by atoms with van der Waals surface area (Å²) in [5.74, 6) is 0.947. The van der Waals surface area contributed by atoms with Gasteiger partial charge in [-0.3, -0.25) is 15.1 Å². The molecule has 1 aliphatic carbocycles. The summed E-state index contributed by atoms with van der Waals surface area (Å²) in [5.41, 5.74) is 0. The van der Waals surface area contributed by atoms with Crippen molar-refractivity contribution in [2.75, 3.05) is 19.6 Å². The first-order valence-electron chi connectivity index (χ1n) is 10.2. The molecule has 27 heavy (non-hydrogen) atoms. The SMILES string of the molecule is CCC(=O)N1CCC(N(C(=O)NC2=NCC(Cl)S2)C2CCC(C)CC2)CC1. The van der Waals surface area contributed by atoms with Gasteiger partial charge in [0.25, 0.3) is 0 Å². The zero-order valence-electron chi connectivity index (χ0n) is 16.3. The third-order valence-electron chi connectivity index (χ3n) is 5.96. The highest BCUT2D eigenvalue weighted by atomic mass is 35.5. The van der Waals surface area contributed by atoms with E-state index in [4.69, 9.17) is 11.6 Å². The molecule has 0 aromatic rings. The van der Waals surface area contributed by atoms with E-state index in [0.717, 1.165) is 44.7 Å². The van der Waals surface area contributed by atoms with Crippen LogP contribution < -0.4 is 5.32 Å². The van der Waals surface area contributed by atoms with Gasteiger partial charge in [0, 0.05) is 31.6 Å². The summed E-state index contributed by atoms with van der Waals surface area (Å²) in [4.78, 5) is 33.5. The lowest BCUT2D eigenvalue weighted by atomic mass is 9.85. The second-order valence-electron chi connectivity index (χ2n) is 7.89. The van der Waals surface area contributed by atoms with Gasteiger partial charge in [-0.2, -0.15) is 0 Å². The Morgan fingerprint density at radius 1 is 1.19 bits per heavy atom. The van der Waals surface area contributed by atoms with Crippen molar-refractivity contribution in [1.29, 1.82) is 0 Å². The molecule has 0 aromatic heterocycles. The van der Waals surface area contributed by atoms with E-state index in [1.54, 1.807) is 0 Å². The lowest BCUT2D eigenvalue weighted by molar-refractivity contribution is -0.132. The number of carbonyl (C=O) groups is 2. The van der Waals surface area contributed by atoms with Crippen molar-refractivity contribution in [2.24, 2.45) is 10.9 Å². The van der Waals surface area contributed by atoms with Gasteiger partial charge in [-0.15, -0.1) is 11.6 Å². The Balaban J connectivity index is 1.66. The first-order valence-corrected chi connectivity index (χ1v) is 11.5. The van der Waals surface area contributed by atoms with Crippen LogP contribution in [0.25, 0.3) is 0 Å². The van der Waals surface area contributed by atoms with Gasteiger partial charge in [0.1, 0.15) is 4.71 Å². The minimum Gasteiger partial charge on any atom is -0.343 e. The third kappa shape index (κ3) is 5.31. The zero-order valence-corrected chi connectivity index (χ0v) is 17.9. The van der Waals surface area contributed by atoms with Gasteiger partial charge in [-0.05, 0) is 44.4 Å². The number of nitrogens with one attached hydrogen (secondary N) is 1. The van der Waals surface area contributed by atoms with Gasteiger partial charge in [-0.1, -0.05) is 25.6 Å². The highest BCUT2D eigenvalue weighted by molar-refractivity contribution is 8.15. The first kappa shape index (κ1) is 20.8. The number of rotatable bonds is 3. The molecule has 1 atom stereocenters. The Morgan fingerprint density at radius 2 is 1.81 bits per heavy atom. The summed E-state index contributed by atoms with van der Waals surface area (Å²) in [6, 6.07) is 0.411. The van der Waals surface area contributed by atoms with Crippen LogP contribution >= 0.6 is 23.4 Å².